The van der Waals surface area contributed by atoms with E-state index in [1.54, 1.807) is 12.4 Å². The van der Waals surface area contributed by atoms with Crippen molar-refractivity contribution < 1.29 is 37.6 Å². The largest absolute Gasteiger partial charge is 0.411 e. The Morgan fingerprint density at radius 3 is 1.11 bits per heavy atom. The third kappa shape index (κ3) is 25.4. The van der Waals surface area contributed by atoms with E-state index in [-0.39, 0.29) is 16.8 Å². The number of allylic oxidation sites excluding steroid dienone is 2. The molecule has 0 aromatic carbocycles. The van der Waals surface area contributed by atoms with E-state index in [0.29, 0.717) is 22.8 Å². The smallest absolute Gasteiger partial charge is 0.101 e. The summed E-state index contributed by atoms with van der Waals surface area (Å²) < 4.78 is 0. The standard InChI is InChI=1S/C5H5N.2C4H8N2O2.C4H5.Co/c1-2-4-6-5-3-1;2*1-3(5-7)4(2)6-8;1-3-4-2;/h1-5H;2*7-8H,1-2H3;1,3-4H,2H2;/q;;;-1;/b;2*5-3+,6-4+;;. The average Bonchev–Trinajstić information content (AvgIpc) is 2.73. The van der Waals surface area contributed by atoms with Crippen molar-refractivity contribution in [3.05, 3.63) is 55.9 Å². The summed E-state index contributed by atoms with van der Waals surface area (Å²) in [5, 5.41) is 43.3. The first kappa shape index (κ1) is 31.8. The van der Waals surface area contributed by atoms with Crippen molar-refractivity contribution in [2.45, 2.75) is 27.7 Å². The van der Waals surface area contributed by atoms with Crippen LogP contribution in [0.25, 0.3) is 0 Å². The molecule has 0 bridgehead atoms. The summed E-state index contributed by atoms with van der Waals surface area (Å²) in [6.45, 7) is 14.2. The normalized spacial score (nSPS) is 11.0. The first-order chi connectivity index (χ1) is 12.4. The van der Waals surface area contributed by atoms with Crippen molar-refractivity contribution in [2.75, 3.05) is 0 Å². The number of hydrogen-bond donors (Lipinski definition) is 4. The van der Waals surface area contributed by atoms with E-state index in [1.807, 2.05) is 18.2 Å². The third-order valence-electron chi connectivity index (χ3n) is 2.35. The summed E-state index contributed by atoms with van der Waals surface area (Å²) >= 11 is 0. The molecule has 1 rings (SSSR count). The van der Waals surface area contributed by atoms with Crippen molar-refractivity contribution in [3.63, 3.8) is 0 Å². The summed E-state index contributed by atoms with van der Waals surface area (Å²) in [7, 11) is 0. The third-order valence-corrected chi connectivity index (χ3v) is 2.35. The zero-order chi connectivity index (χ0) is 20.8. The Hall–Kier alpha value is -2.98. The van der Waals surface area contributed by atoms with Gasteiger partial charge in [-0.2, -0.15) is 6.58 Å². The molecule has 0 atom stereocenters. The molecule has 0 aliphatic heterocycles. The molecule has 0 saturated heterocycles. The topological polar surface area (TPSA) is 143 Å². The van der Waals surface area contributed by atoms with Crippen LogP contribution in [-0.4, -0.2) is 48.7 Å². The van der Waals surface area contributed by atoms with Crippen LogP contribution in [0.3, 0.4) is 0 Å². The van der Waals surface area contributed by atoms with E-state index in [2.05, 4.69) is 32.2 Å². The Balaban J connectivity index is -0.000000133. The van der Waals surface area contributed by atoms with Crippen LogP contribution in [0.1, 0.15) is 27.7 Å². The minimum atomic E-state index is 0. The minimum Gasteiger partial charge on any atom is -0.411 e. The molecule has 0 saturated carbocycles. The molecule has 0 spiro atoms. The molecule has 9 nitrogen and oxygen atoms in total. The van der Waals surface area contributed by atoms with Crippen LogP contribution in [0, 0.1) is 6.58 Å². The Bertz CT molecular complexity index is 506. The van der Waals surface area contributed by atoms with Crippen LogP contribution in [0.5, 0.6) is 0 Å². The van der Waals surface area contributed by atoms with Crippen molar-refractivity contribution in [3.8, 4) is 0 Å². The summed E-state index contributed by atoms with van der Waals surface area (Å²) in [6.07, 6.45) is 6.42. The molecule has 0 aliphatic rings. The number of rotatable bonds is 3. The van der Waals surface area contributed by atoms with Crippen molar-refractivity contribution in [2.24, 2.45) is 20.6 Å². The van der Waals surface area contributed by atoms with Gasteiger partial charge in [0.25, 0.3) is 0 Å². The summed E-state index contributed by atoms with van der Waals surface area (Å²) in [5.41, 5.74) is 1.25. The van der Waals surface area contributed by atoms with Crippen LogP contribution >= 0.6 is 0 Å². The van der Waals surface area contributed by atoms with E-state index in [4.69, 9.17) is 27.4 Å². The molecular weight excluding hydrogens is 397 g/mol. The first-order valence-electron chi connectivity index (χ1n) is 7.12. The van der Waals surface area contributed by atoms with E-state index in [9.17, 15) is 0 Å². The van der Waals surface area contributed by atoms with Crippen LogP contribution in [0.4, 0.5) is 0 Å². The molecule has 10 heteroatoms. The molecule has 1 aromatic heterocycles. The maximum atomic E-state index is 8.03. The fourth-order valence-corrected chi connectivity index (χ4v) is 0.602. The molecule has 0 unspecified atom stereocenters. The number of hydrogen-bond acceptors (Lipinski definition) is 9. The Morgan fingerprint density at radius 2 is 1.04 bits per heavy atom. The molecule has 27 heavy (non-hydrogen) atoms. The quantitative estimate of drug-likeness (QED) is 0.193. The van der Waals surface area contributed by atoms with Gasteiger partial charge in [0.05, 0.1) is 0 Å². The molecule has 4 N–H and O–H groups in total. The van der Waals surface area contributed by atoms with E-state index >= 15 is 0 Å². The second-order valence-corrected chi connectivity index (χ2v) is 4.19. The minimum absolute atomic E-state index is 0. The molecule has 1 radical (unpaired) electrons. The predicted octanol–water partition coefficient (Wildman–Crippen LogP) is 3.61. The van der Waals surface area contributed by atoms with Gasteiger partial charge in [-0.25, -0.2) is 12.2 Å². The second-order valence-electron chi connectivity index (χ2n) is 4.19. The van der Waals surface area contributed by atoms with Gasteiger partial charge in [-0.05, 0) is 39.8 Å². The molecule has 1 heterocycles. The first-order valence-corrected chi connectivity index (χ1v) is 7.12. The van der Waals surface area contributed by atoms with Gasteiger partial charge in [-0.15, -0.1) is 0 Å². The maximum absolute atomic E-state index is 8.03. The van der Waals surface area contributed by atoms with Crippen LogP contribution in [-0.2, 0) is 16.8 Å². The summed E-state index contributed by atoms with van der Waals surface area (Å²) in [4.78, 5) is 3.78. The summed E-state index contributed by atoms with van der Waals surface area (Å²) in [6, 6.07) is 5.72. The summed E-state index contributed by atoms with van der Waals surface area (Å²) in [5.74, 6) is 0. The Kier molecular flexibility index (Phi) is 29.7. The molecule has 0 fully saturated rings. The molecular formula is C17H26CoN5O4-. The van der Waals surface area contributed by atoms with E-state index < -0.39 is 0 Å². The van der Waals surface area contributed by atoms with E-state index in [0.717, 1.165) is 0 Å². The van der Waals surface area contributed by atoms with Crippen molar-refractivity contribution >= 4 is 22.8 Å². The van der Waals surface area contributed by atoms with Crippen LogP contribution < -0.4 is 0 Å². The Labute approximate surface area is 170 Å². The number of pyridine rings is 1. The SMILES string of the molecule is CC(=N\O)/C(C)=N/O.CC(=N\O)/C(C)=N/O.[CH-]=CC=C.[Co].c1ccncc1. The van der Waals surface area contributed by atoms with Gasteiger partial charge in [0.1, 0.15) is 22.8 Å². The fourth-order valence-electron chi connectivity index (χ4n) is 0.602. The van der Waals surface area contributed by atoms with Gasteiger partial charge in [0, 0.05) is 29.2 Å². The van der Waals surface area contributed by atoms with Gasteiger partial charge in [-0.1, -0.05) is 26.7 Å². The molecule has 0 aliphatic carbocycles. The van der Waals surface area contributed by atoms with Crippen molar-refractivity contribution in [1.82, 2.24) is 4.98 Å². The van der Waals surface area contributed by atoms with Gasteiger partial charge in [-0.3, -0.25) is 11.6 Å². The van der Waals surface area contributed by atoms with Gasteiger partial charge in [0.15, 0.2) is 0 Å². The van der Waals surface area contributed by atoms with Crippen LogP contribution in [0.15, 0.2) is 69.9 Å². The van der Waals surface area contributed by atoms with Gasteiger partial charge >= 0.3 is 0 Å². The monoisotopic (exact) mass is 423 g/mol. The molecule has 153 valence electrons. The number of nitrogens with zero attached hydrogens (tertiary/aromatic N) is 5. The Morgan fingerprint density at radius 1 is 0.778 bits per heavy atom. The van der Waals surface area contributed by atoms with Gasteiger partial charge in [0.2, 0.25) is 0 Å². The number of oxime groups is 4. The molecule has 0 amide bonds. The number of aromatic nitrogens is 1. The van der Waals surface area contributed by atoms with Crippen molar-refractivity contribution in [1.29, 1.82) is 0 Å². The predicted molar refractivity (Wildman–Crippen MR) is 103 cm³/mol. The van der Waals surface area contributed by atoms with Gasteiger partial charge < -0.3 is 20.8 Å². The molecule has 1 aromatic rings. The maximum Gasteiger partial charge on any atom is 0.101 e. The zero-order valence-corrected chi connectivity index (χ0v) is 16.7. The fraction of sp³-hybridized carbons (Fsp3) is 0.235. The second kappa shape index (κ2) is 25.3. The zero-order valence-electron chi connectivity index (χ0n) is 15.7. The van der Waals surface area contributed by atoms with E-state index in [1.165, 1.54) is 39.8 Å². The van der Waals surface area contributed by atoms with Crippen LogP contribution in [0.2, 0.25) is 0 Å². The average molecular weight is 423 g/mol.